The van der Waals surface area contributed by atoms with Crippen molar-refractivity contribution >= 4 is 6.79 Å². The van der Waals surface area contributed by atoms with Crippen LogP contribution in [0.5, 0.6) is 0 Å². The van der Waals surface area contributed by atoms with E-state index in [0.29, 0.717) is 13.5 Å². The van der Waals surface area contributed by atoms with Gasteiger partial charge in [-0.2, -0.15) is 18.3 Å². The van der Waals surface area contributed by atoms with E-state index in [1.807, 2.05) is 41.6 Å². The molecule has 0 unspecified atom stereocenters. The van der Waals surface area contributed by atoms with Gasteiger partial charge in [0.2, 0.25) is 13.1 Å². The number of aliphatic hydroxyl groups is 2. The molecule has 0 aliphatic rings. The van der Waals surface area contributed by atoms with Crippen molar-refractivity contribution in [1.82, 2.24) is 0 Å². The first-order valence-corrected chi connectivity index (χ1v) is 47.1. The number of hydrogen-bond donors (Lipinski definition) is 2. The molecule has 12 aromatic heterocycles. The predicted octanol–water partition coefficient (Wildman–Crippen LogP) is 16.6. The fourth-order valence-corrected chi connectivity index (χ4v) is 14.6. The number of nitrogens with zero attached hydrogens (tertiary/aromatic N) is 12. The standard InChI is InChI=1S/C37H64N2O2.C28H34N4O2.C27H32N4O.C14H18N2.C2H4.CH2O/c1-3-5-7-9-11-13-15-17-19-21-32-40-34-31-38-27-23-36(24-28-38)37-25-29-39(30-26-37)35-41-33-22-20-18-16-14-12-10-8-6-4-2;33-23-1-11-29-13-3-25(4-14-29)27-7-17-31(18-8-27)21-22-32-19-9-28(10-20-32)26-5-15-30(16-6-26)12-2-24-34;1-28-14-5-24(6-15-28)26-9-18-30(19-10-26)13-3-4-22-32-23-31-20-11-27(12-21-31)25-7-16-29(2)17-8-25;1-3-8-16-11-6-14(7-12-16)13-4-9-15(2)10-5-13;2*1-2/h23-30H,3-22,31-35H2,1-2H3;3-10,13-20,33-34H,1-2,11-12,21-24H2;5-12,14-21H,3-4,13,22-23H2,1-2H3;4-7,9-12H,3,8H2,1-2H3;1-2H2;1H2/q+2;2*+4;+2;;. The molecule has 674 valence electrons. The van der Waals surface area contributed by atoms with Crippen molar-refractivity contribution in [3.8, 4) is 66.8 Å². The lowest BCUT2D eigenvalue weighted by Gasteiger charge is -2.05. The van der Waals surface area contributed by atoms with E-state index >= 15 is 0 Å². The third-order valence-corrected chi connectivity index (χ3v) is 22.4. The SMILES string of the molecule is C=C.C=O.CCCCCCCCCCCCOCC[n+]1ccc(-c2cc[n+](COCCCCCCCCCCCC)cc2)cc1.CCC[n+]1ccc(-c2cc[n+](C)cc2)cc1.C[n+]1ccc(-c2cc[n+](CCCCOC[n+]3ccc(-c4cc[n+](C)cc4)cc3)cc2)cc1.OCCC[n+]1ccc(-c2cc[n+](CC[n+]3ccc(-c4cc[n+](CCCO)cc4)cc3)cc2)cc1. The number of hydrogen-bond acceptors (Lipinski definition) is 6. The van der Waals surface area contributed by atoms with Gasteiger partial charge in [0, 0.05) is 191 Å². The summed E-state index contributed by atoms with van der Waals surface area (Å²) in [5, 5.41) is 17.9. The van der Waals surface area contributed by atoms with Crippen LogP contribution in [-0.2, 0) is 99.4 Å². The number of unbranched alkanes of at least 4 members (excludes halogenated alkanes) is 19. The molecule has 12 heterocycles. The molecule has 0 atom stereocenters. The first-order chi connectivity index (χ1) is 62.5. The van der Waals surface area contributed by atoms with Gasteiger partial charge in [0.1, 0.15) is 47.6 Å². The minimum atomic E-state index is 0.218. The third kappa shape index (κ3) is 42.0. The smallest absolute Gasteiger partial charge is 0.252 e. The van der Waals surface area contributed by atoms with Gasteiger partial charge in [-0.25, -0.2) is 36.5 Å². The maximum atomic E-state index is 8.97. The van der Waals surface area contributed by atoms with Crippen LogP contribution in [0.15, 0.2) is 307 Å². The summed E-state index contributed by atoms with van der Waals surface area (Å²) in [4.78, 5) is 8.00. The number of aromatic nitrogens is 12. The molecule has 0 spiro atoms. The summed E-state index contributed by atoms with van der Waals surface area (Å²) in [5.41, 5.74) is 14.7. The second-order valence-corrected chi connectivity index (χ2v) is 32.6. The highest BCUT2D eigenvalue weighted by molar-refractivity contribution is 5.64. The third-order valence-electron chi connectivity index (χ3n) is 22.4. The Labute approximate surface area is 762 Å². The predicted molar refractivity (Wildman–Crippen MR) is 504 cm³/mol. The number of pyridine rings is 12. The van der Waals surface area contributed by atoms with E-state index in [0.717, 1.165) is 97.9 Å². The van der Waals surface area contributed by atoms with Gasteiger partial charge in [0.15, 0.2) is 168 Å². The summed E-state index contributed by atoms with van der Waals surface area (Å²) in [6, 6.07) is 51.7. The molecule has 12 aromatic rings. The minimum absolute atomic E-state index is 0.218. The molecule has 0 aliphatic carbocycles. The molecule has 0 amide bonds. The lowest BCUT2D eigenvalue weighted by Crippen LogP contribution is -2.43. The Balaban J connectivity index is 0.000000237. The van der Waals surface area contributed by atoms with Crippen molar-refractivity contribution < 1.29 is 84.0 Å². The lowest BCUT2D eigenvalue weighted by molar-refractivity contribution is -0.778. The summed E-state index contributed by atoms with van der Waals surface area (Å²) in [7, 11) is 6.09. The van der Waals surface area contributed by atoms with Crippen molar-refractivity contribution in [1.29, 1.82) is 0 Å². The van der Waals surface area contributed by atoms with Gasteiger partial charge in [-0.05, 0) is 86.0 Å². The van der Waals surface area contributed by atoms with E-state index in [1.54, 1.807) is 0 Å². The molecule has 127 heavy (non-hydrogen) atoms. The van der Waals surface area contributed by atoms with Gasteiger partial charge in [-0.15, -0.1) is 13.2 Å². The zero-order valence-corrected chi connectivity index (χ0v) is 78.0. The minimum Gasteiger partial charge on any atom is -0.396 e. The molecular weight excluding hydrogens is 1570 g/mol. The molecule has 12 rings (SSSR count). The van der Waals surface area contributed by atoms with Gasteiger partial charge in [0.25, 0.3) is 13.5 Å². The second-order valence-electron chi connectivity index (χ2n) is 32.6. The molecule has 18 heteroatoms. The Bertz CT molecular complexity index is 4550. The van der Waals surface area contributed by atoms with Gasteiger partial charge in [-0.1, -0.05) is 136 Å². The maximum Gasteiger partial charge on any atom is 0.252 e. The summed E-state index contributed by atoms with van der Waals surface area (Å²) in [6.45, 7) is 26.2. The van der Waals surface area contributed by atoms with Gasteiger partial charge in [0.05, 0.1) is 13.2 Å². The summed E-state index contributed by atoms with van der Waals surface area (Å²) >= 11 is 0. The van der Waals surface area contributed by atoms with Crippen molar-refractivity contribution in [3.05, 3.63) is 307 Å². The largest absolute Gasteiger partial charge is 0.396 e. The van der Waals surface area contributed by atoms with Gasteiger partial charge >= 0.3 is 0 Å². The van der Waals surface area contributed by atoms with Crippen molar-refractivity contribution in [2.75, 3.05) is 39.6 Å². The number of aliphatic hydroxyl groups excluding tert-OH is 2. The highest BCUT2D eigenvalue weighted by atomic mass is 16.5. The first-order valence-electron chi connectivity index (χ1n) is 47.1. The second kappa shape index (κ2) is 64.7. The van der Waals surface area contributed by atoms with E-state index < -0.39 is 0 Å². The molecule has 0 radical (unpaired) electrons. The van der Waals surface area contributed by atoms with Crippen LogP contribution in [0.3, 0.4) is 0 Å². The molecule has 0 saturated carbocycles. The monoisotopic (exact) mass is 1730 g/mol. The van der Waals surface area contributed by atoms with E-state index in [1.165, 1.54) is 202 Å². The van der Waals surface area contributed by atoms with Crippen molar-refractivity contribution in [2.45, 2.75) is 241 Å². The van der Waals surface area contributed by atoms with Crippen molar-refractivity contribution in [2.24, 2.45) is 21.1 Å². The molecular formula is C109H154N12O6+12. The Morgan fingerprint density at radius 3 is 0.638 bits per heavy atom. The molecule has 0 aliphatic heterocycles. The summed E-state index contributed by atoms with van der Waals surface area (Å²) in [5.74, 6) is 0. The van der Waals surface area contributed by atoms with Crippen LogP contribution in [0, 0.1) is 0 Å². The van der Waals surface area contributed by atoms with Gasteiger partial charge in [-0.3, -0.25) is 0 Å². The van der Waals surface area contributed by atoms with Crippen molar-refractivity contribution in [3.63, 3.8) is 0 Å². The topological polar surface area (TPSA) is 132 Å². The quantitative estimate of drug-likeness (QED) is 0.0222. The number of carbonyl (C=O) groups excluding carboxylic acids is 1. The summed E-state index contributed by atoms with van der Waals surface area (Å²) in [6.07, 6.45) is 82.7. The van der Waals surface area contributed by atoms with Crippen LogP contribution in [0.2, 0.25) is 0 Å². The Kier molecular flexibility index (Phi) is 52.5. The zero-order chi connectivity index (χ0) is 90.2. The van der Waals surface area contributed by atoms with E-state index in [9.17, 15) is 0 Å². The van der Waals surface area contributed by atoms with Gasteiger partial charge < -0.3 is 29.2 Å². The number of rotatable bonds is 51. The fraction of sp³-hybridized carbons (Fsp3) is 0.422. The molecule has 0 aromatic carbocycles. The van der Waals surface area contributed by atoms with Crippen LogP contribution in [-0.4, -0.2) is 56.6 Å². The Morgan fingerprint density at radius 1 is 0.205 bits per heavy atom. The van der Waals surface area contributed by atoms with Crippen LogP contribution < -0.4 is 54.8 Å². The average Bonchev–Trinajstić information content (AvgIpc) is 0.856. The van der Waals surface area contributed by atoms with E-state index in [4.69, 9.17) is 29.2 Å². The van der Waals surface area contributed by atoms with Crippen LogP contribution in [0.4, 0.5) is 0 Å². The van der Waals surface area contributed by atoms with Crippen LogP contribution in [0.25, 0.3) is 66.8 Å². The lowest BCUT2D eigenvalue weighted by atomic mass is 10.1. The zero-order valence-electron chi connectivity index (χ0n) is 78.0. The Morgan fingerprint density at radius 2 is 0.394 bits per heavy atom. The van der Waals surface area contributed by atoms with Crippen LogP contribution >= 0.6 is 0 Å². The first kappa shape index (κ1) is 103. The number of carbonyl (C=O) groups is 1. The van der Waals surface area contributed by atoms with E-state index in [2.05, 4.69) is 369 Å². The summed E-state index contributed by atoms with van der Waals surface area (Å²) < 4.78 is 43.2. The maximum absolute atomic E-state index is 8.97. The van der Waals surface area contributed by atoms with Crippen LogP contribution in [0.1, 0.15) is 181 Å². The number of aryl methyl sites for hydroxylation is 9. The Hall–Kier alpha value is -11.0. The molecule has 0 bridgehead atoms. The molecule has 0 fully saturated rings. The molecule has 2 N–H and O–H groups in total. The fourth-order valence-electron chi connectivity index (χ4n) is 14.6. The highest BCUT2D eigenvalue weighted by Gasteiger charge is 2.15. The molecule has 0 saturated heterocycles. The van der Waals surface area contributed by atoms with E-state index in [-0.39, 0.29) is 13.2 Å². The normalized spacial score (nSPS) is 10.7. The molecule has 18 nitrogen and oxygen atoms in total. The number of ether oxygens (including phenoxy) is 3. The average molecular weight is 1730 g/mol. The highest BCUT2D eigenvalue weighted by Crippen LogP contribution is 2.22.